The topological polar surface area (TPSA) is 60.3 Å². The zero-order chi connectivity index (χ0) is 16.9. The van der Waals surface area contributed by atoms with E-state index in [-0.39, 0.29) is 5.41 Å². The molecule has 0 saturated carbocycles. The zero-order valence-corrected chi connectivity index (χ0v) is 15.7. The fraction of sp³-hybridized carbons (Fsp3) is 0.556. The highest BCUT2D eigenvalue weighted by atomic mass is 79.9. The minimum atomic E-state index is 0.166. The van der Waals surface area contributed by atoms with E-state index in [1.807, 2.05) is 12.1 Å². The Hall–Kier alpha value is -1.38. The van der Waals surface area contributed by atoms with E-state index >= 15 is 0 Å². The maximum atomic E-state index is 7.48. The summed E-state index contributed by atoms with van der Waals surface area (Å²) in [5.74, 6) is 7.08. The van der Waals surface area contributed by atoms with Gasteiger partial charge in [0, 0.05) is 18.0 Å². The first-order valence-corrected chi connectivity index (χ1v) is 8.86. The molecule has 0 radical (unpaired) electrons. The molecule has 0 atom stereocenters. The van der Waals surface area contributed by atoms with E-state index in [2.05, 4.69) is 64.3 Å². The maximum Gasteiger partial charge on any atom is 0.123 e. The average molecular weight is 377 g/mol. The lowest BCUT2D eigenvalue weighted by Crippen LogP contribution is -2.26. The van der Waals surface area contributed by atoms with Gasteiger partial charge in [-0.15, -0.1) is 0 Å². The minimum absolute atomic E-state index is 0.166. The van der Waals surface area contributed by atoms with Crippen LogP contribution in [0.25, 0.3) is 0 Å². The third-order valence-electron chi connectivity index (χ3n) is 3.79. The Morgan fingerprint density at radius 3 is 2.65 bits per heavy atom. The van der Waals surface area contributed by atoms with Crippen molar-refractivity contribution in [2.75, 3.05) is 25.0 Å². The number of benzene rings is 1. The van der Waals surface area contributed by atoms with Crippen molar-refractivity contribution in [3.63, 3.8) is 0 Å². The smallest absolute Gasteiger partial charge is 0.123 e. The molecule has 1 aromatic rings. The number of halogens is 1. The highest BCUT2D eigenvalue weighted by Crippen LogP contribution is 2.36. The van der Waals surface area contributed by atoms with Crippen LogP contribution >= 0.6 is 15.9 Å². The van der Waals surface area contributed by atoms with Gasteiger partial charge in [0.2, 0.25) is 0 Å². The molecule has 1 heterocycles. The molecule has 1 aliphatic rings. The number of anilines is 1. The van der Waals surface area contributed by atoms with Gasteiger partial charge in [0.05, 0.1) is 10.2 Å². The second-order valence-corrected chi connectivity index (χ2v) is 7.94. The number of piperidine rings is 1. The van der Waals surface area contributed by atoms with Crippen LogP contribution in [0.3, 0.4) is 0 Å². The maximum absolute atomic E-state index is 7.48. The predicted octanol–water partition coefficient (Wildman–Crippen LogP) is 4.92. The third kappa shape index (κ3) is 5.33. The van der Waals surface area contributed by atoms with Crippen LogP contribution in [-0.4, -0.2) is 19.6 Å². The van der Waals surface area contributed by atoms with Crippen molar-refractivity contribution in [2.24, 2.45) is 16.4 Å². The van der Waals surface area contributed by atoms with Crippen LogP contribution in [-0.2, 0) is 0 Å². The van der Waals surface area contributed by atoms with Gasteiger partial charge >= 0.3 is 0 Å². The lowest BCUT2D eigenvalue weighted by Gasteiger charge is -2.20. The average Bonchev–Trinajstić information content (AvgIpc) is 2.52. The first-order chi connectivity index (χ1) is 10.9. The molecule has 1 aliphatic heterocycles. The lowest BCUT2D eigenvalue weighted by atomic mass is 9.96. The molecule has 0 unspecified atom stereocenters. The Balaban J connectivity index is 2.19. The second kappa shape index (κ2) is 7.94. The third-order valence-corrected chi connectivity index (χ3v) is 4.59. The number of hydrogen-bond donors (Lipinski definition) is 3. The summed E-state index contributed by atoms with van der Waals surface area (Å²) in [5.41, 5.74) is 10.0. The highest BCUT2D eigenvalue weighted by Gasteiger charge is 2.14. The molecule has 23 heavy (non-hydrogen) atoms. The van der Waals surface area contributed by atoms with Crippen molar-refractivity contribution in [3.8, 4) is 11.8 Å². The molecule has 0 aromatic heterocycles. The molecular formula is C18H25BrN4. The summed E-state index contributed by atoms with van der Waals surface area (Å²) in [6.07, 6.45) is 2.21. The molecule has 0 aliphatic carbocycles. The predicted molar refractivity (Wildman–Crippen MR) is 99.4 cm³/mol. The number of nitrogens with one attached hydrogen (secondary N) is 3. The Kier molecular flexibility index (Phi) is 6.20. The summed E-state index contributed by atoms with van der Waals surface area (Å²) in [5, 5.41) is 10.4. The van der Waals surface area contributed by atoms with E-state index in [1.165, 1.54) is 0 Å². The minimum Gasteiger partial charge on any atom is -0.383 e. The summed E-state index contributed by atoms with van der Waals surface area (Å²) in [4.78, 5) is 0. The Bertz CT molecular complexity index is 616. The number of rotatable bonds is 3. The van der Waals surface area contributed by atoms with Crippen molar-refractivity contribution in [2.45, 2.75) is 33.6 Å². The molecule has 3 N–H and O–H groups in total. The van der Waals surface area contributed by atoms with Crippen molar-refractivity contribution in [1.82, 2.24) is 5.32 Å². The van der Waals surface area contributed by atoms with Crippen molar-refractivity contribution in [1.29, 1.82) is 5.53 Å². The van der Waals surface area contributed by atoms with Crippen molar-refractivity contribution >= 4 is 27.3 Å². The molecule has 2 rings (SSSR count). The first kappa shape index (κ1) is 18.0. The molecule has 0 bridgehead atoms. The molecule has 0 amide bonds. The van der Waals surface area contributed by atoms with Gasteiger partial charge in [0.1, 0.15) is 5.69 Å². The fourth-order valence-electron chi connectivity index (χ4n) is 2.42. The van der Waals surface area contributed by atoms with Crippen LogP contribution in [0.5, 0.6) is 0 Å². The highest BCUT2D eigenvalue weighted by molar-refractivity contribution is 9.10. The van der Waals surface area contributed by atoms with E-state index in [1.54, 1.807) is 0 Å². The molecule has 4 nitrogen and oxygen atoms in total. The lowest BCUT2D eigenvalue weighted by molar-refractivity contribution is 0.443. The molecule has 5 heteroatoms. The van der Waals surface area contributed by atoms with E-state index in [4.69, 9.17) is 5.53 Å². The summed E-state index contributed by atoms with van der Waals surface area (Å²) in [6, 6.07) is 3.97. The van der Waals surface area contributed by atoms with Gasteiger partial charge in [-0.25, -0.2) is 5.53 Å². The van der Waals surface area contributed by atoms with Crippen molar-refractivity contribution in [3.05, 3.63) is 22.2 Å². The van der Waals surface area contributed by atoms with Crippen LogP contribution in [0, 0.1) is 28.7 Å². The quantitative estimate of drug-likeness (QED) is 0.517. The van der Waals surface area contributed by atoms with Gasteiger partial charge in [0.25, 0.3) is 0 Å². The fourth-order valence-corrected chi connectivity index (χ4v) is 2.95. The van der Waals surface area contributed by atoms with Crippen LogP contribution in [0.15, 0.2) is 21.7 Å². The summed E-state index contributed by atoms with van der Waals surface area (Å²) in [7, 11) is 0. The molecule has 124 valence electrons. The standard InChI is InChI=1S/C18H25BrN4/c1-18(2,3)12-22-15-7-6-14(16(19)17(15)23-20)5-4-13-8-10-21-11-9-13/h6-7,13,20-22H,8-12H2,1-3H3. The van der Waals surface area contributed by atoms with Crippen LogP contribution in [0.1, 0.15) is 39.2 Å². The van der Waals surface area contributed by atoms with E-state index < -0.39 is 0 Å². The van der Waals surface area contributed by atoms with Gasteiger partial charge in [-0.2, -0.15) is 5.11 Å². The largest absolute Gasteiger partial charge is 0.383 e. The Morgan fingerprint density at radius 1 is 1.35 bits per heavy atom. The van der Waals surface area contributed by atoms with Crippen LogP contribution in [0.4, 0.5) is 11.4 Å². The van der Waals surface area contributed by atoms with Crippen molar-refractivity contribution < 1.29 is 0 Å². The van der Waals surface area contributed by atoms with Gasteiger partial charge < -0.3 is 10.6 Å². The van der Waals surface area contributed by atoms with E-state index in [9.17, 15) is 0 Å². The zero-order valence-electron chi connectivity index (χ0n) is 14.1. The number of nitrogens with zero attached hydrogens (tertiary/aromatic N) is 1. The molecule has 0 spiro atoms. The van der Waals surface area contributed by atoms with Gasteiger partial charge in [0.15, 0.2) is 0 Å². The van der Waals surface area contributed by atoms with Gasteiger partial charge in [-0.05, 0) is 59.4 Å². The van der Waals surface area contributed by atoms with E-state index in [0.717, 1.165) is 48.2 Å². The second-order valence-electron chi connectivity index (χ2n) is 7.14. The molecular weight excluding hydrogens is 352 g/mol. The molecule has 1 saturated heterocycles. The van der Waals surface area contributed by atoms with Gasteiger partial charge in [-0.1, -0.05) is 32.6 Å². The van der Waals surface area contributed by atoms with Gasteiger partial charge in [-0.3, -0.25) is 0 Å². The van der Waals surface area contributed by atoms with Crippen LogP contribution in [0.2, 0.25) is 0 Å². The first-order valence-electron chi connectivity index (χ1n) is 8.07. The normalized spacial score (nSPS) is 15.7. The Labute approximate surface area is 147 Å². The monoisotopic (exact) mass is 376 g/mol. The SMILES string of the molecule is CC(C)(C)CNc1ccc(C#CC2CCNCC2)c(Br)c1N=N. The van der Waals surface area contributed by atoms with E-state index in [0.29, 0.717) is 11.6 Å². The summed E-state index contributed by atoms with van der Waals surface area (Å²) >= 11 is 3.57. The summed E-state index contributed by atoms with van der Waals surface area (Å²) in [6.45, 7) is 9.43. The molecule has 1 fully saturated rings. The Morgan fingerprint density at radius 2 is 2.04 bits per heavy atom. The number of hydrogen-bond acceptors (Lipinski definition) is 4. The van der Waals surface area contributed by atoms with Crippen LogP contribution < -0.4 is 10.6 Å². The molecule has 1 aromatic carbocycles. The summed E-state index contributed by atoms with van der Waals surface area (Å²) < 4.78 is 0.799.